The van der Waals surface area contributed by atoms with Crippen molar-refractivity contribution in [2.75, 3.05) is 5.32 Å². The first-order chi connectivity index (χ1) is 7.57. The lowest BCUT2D eigenvalue weighted by atomic mass is 9.98. The Morgan fingerprint density at radius 3 is 2.88 bits per heavy atom. The fourth-order valence-corrected chi connectivity index (χ4v) is 2.77. The van der Waals surface area contributed by atoms with Crippen LogP contribution in [0.4, 0.5) is 5.13 Å². The second-order valence-corrected chi connectivity index (χ2v) is 5.67. The van der Waals surface area contributed by atoms with E-state index in [2.05, 4.69) is 10.3 Å². The number of aromatic nitrogens is 1. The lowest BCUT2D eigenvalue weighted by Gasteiger charge is -2.20. The Kier molecular flexibility index (Phi) is 3.25. The van der Waals surface area contributed by atoms with Gasteiger partial charge in [0.05, 0.1) is 12.0 Å². The lowest BCUT2D eigenvalue weighted by molar-refractivity contribution is -0.120. The van der Waals surface area contributed by atoms with E-state index in [-0.39, 0.29) is 12.3 Å². The van der Waals surface area contributed by atoms with Crippen LogP contribution in [0.15, 0.2) is 6.20 Å². The molecule has 1 heterocycles. The van der Waals surface area contributed by atoms with Crippen LogP contribution in [0.2, 0.25) is 0 Å². The van der Waals surface area contributed by atoms with Crippen molar-refractivity contribution in [1.29, 1.82) is 0 Å². The number of nitrogens with zero attached hydrogens (tertiary/aromatic N) is 1. The van der Waals surface area contributed by atoms with Crippen molar-refractivity contribution in [3.8, 4) is 0 Å². The maximum atomic E-state index is 11.7. The SMILES string of the molecule is Cc1cnc(NC(=O)CC2(O)CCCC2)s1. The van der Waals surface area contributed by atoms with Crippen LogP contribution in [-0.2, 0) is 4.79 Å². The number of thiazole rings is 1. The number of hydrogen-bond acceptors (Lipinski definition) is 4. The third-order valence-corrected chi connectivity index (χ3v) is 3.72. The highest BCUT2D eigenvalue weighted by Crippen LogP contribution is 2.32. The molecule has 5 heteroatoms. The first kappa shape index (κ1) is 11.5. The highest BCUT2D eigenvalue weighted by Gasteiger charge is 2.33. The Balaban J connectivity index is 1.89. The number of hydrogen-bond donors (Lipinski definition) is 2. The van der Waals surface area contributed by atoms with E-state index in [1.54, 1.807) is 6.20 Å². The summed E-state index contributed by atoms with van der Waals surface area (Å²) in [5.41, 5.74) is -0.781. The quantitative estimate of drug-likeness (QED) is 0.850. The van der Waals surface area contributed by atoms with Crippen molar-refractivity contribution in [2.24, 2.45) is 0 Å². The largest absolute Gasteiger partial charge is 0.389 e. The van der Waals surface area contributed by atoms with Crippen molar-refractivity contribution in [1.82, 2.24) is 4.98 Å². The zero-order valence-electron chi connectivity index (χ0n) is 9.32. The molecule has 1 fully saturated rings. The molecule has 16 heavy (non-hydrogen) atoms. The van der Waals surface area contributed by atoms with Gasteiger partial charge in [-0.15, -0.1) is 11.3 Å². The van der Waals surface area contributed by atoms with Gasteiger partial charge >= 0.3 is 0 Å². The van der Waals surface area contributed by atoms with E-state index in [0.717, 1.165) is 30.6 Å². The third-order valence-electron chi connectivity index (χ3n) is 2.89. The second kappa shape index (κ2) is 4.51. The van der Waals surface area contributed by atoms with Gasteiger partial charge in [0.15, 0.2) is 5.13 Å². The predicted octanol–water partition coefficient (Wildman–Crippen LogP) is 2.09. The molecule has 1 aromatic rings. The van der Waals surface area contributed by atoms with Gasteiger partial charge in [0.25, 0.3) is 0 Å². The zero-order valence-corrected chi connectivity index (χ0v) is 10.1. The van der Waals surface area contributed by atoms with Gasteiger partial charge in [-0.25, -0.2) is 4.98 Å². The molecular weight excluding hydrogens is 224 g/mol. The molecular formula is C11H16N2O2S. The number of anilines is 1. The van der Waals surface area contributed by atoms with E-state index in [1.165, 1.54) is 11.3 Å². The first-order valence-corrected chi connectivity index (χ1v) is 6.34. The number of amides is 1. The fraction of sp³-hybridized carbons (Fsp3) is 0.636. The Bertz CT molecular complexity index is 383. The molecule has 2 N–H and O–H groups in total. The van der Waals surface area contributed by atoms with E-state index >= 15 is 0 Å². The molecule has 1 saturated carbocycles. The molecule has 0 spiro atoms. The molecule has 4 nitrogen and oxygen atoms in total. The standard InChI is InChI=1S/C11H16N2O2S/c1-8-7-12-10(16-8)13-9(14)6-11(15)4-2-3-5-11/h7,15H,2-6H2,1H3,(H,12,13,14). The van der Waals surface area contributed by atoms with Gasteiger partial charge in [0.2, 0.25) is 5.91 Å². The molecule has 1 amide bonds. The number of carbonyl (C=O) groups excluding carboxylic acids is 1. The van der Waals surface area contributed by atoms with E-state index < -0.39 is 5.60 Å². The van der Waals surface area contributed by atoms with Gasteiger partial charge in [0.1, 0.15) is 0 Å². The molecule has 0 aromatic carbocycles. The van der Waals surface area contributed by atoms with Crippen LogP contribution in [0, 0.1) is 6.92 Å². The Labute approximate surface area is 98.7 Å². The summed E-state index contributed by atoms with van der Waals surface area (Å²) >= 11 is 1.45. The van der Waals surface area contributed by atoms with Crippen LogP contribution in [0.1, 0.15) is 37.0 Å². The van der Waals surface area contributed by atoms with Crippen molar-refractivity contribution >= 4 is 22.4 Å². The molecule has 1 aromatic heterocycles. The van der Waals surface area contributed by atoms with Gasteiger partial charge < -0.3 is 10.4 Å². The van der Waals surface area contributed by atoms with Crippen LogP contribution in [-0.4, -0.2) is 21.6 Å². The Morgan fingerprint density at radius 1 is 1.62 bits per heavy atom. The van der Waals surface area contributed by atoms with Crippen LogP contribution >= 0.6 is 11.3 Å². The molecule has 88 valence electrons. The van der Waals surface area contributed by atoms with Gasteiger partial charge in [0, 0.05) is 11.1 Å². The van der Waals surface area contributed by atoms with Crippen LogP contribution < -0.4 is 5.32 Å². The normalized spacial score (nSPS) is 18.6. The molecule has 0 saturated heterocycles. The van der Waals surface area contributed by atoms with E-state index in [0.29, 0.717) is 5.13 Å². The van der Waals surface area contributed by atoms with Crippen molar-refractivity contribution in [3.05, 3.63) is 11.1 Å². The van der Waals surface area contributed by atoms with Crippen molar-refractivity contribution < 1.29 is 9.90 Å². The van der Waals surface area contributed by atoms with Crippen LogP contribution in [0.3, 0.4) is 0 Å². The average molecular weight is 240 g/mol. The Hall–Kier alpha value is -0.940. The topological polar surface area (TPSA) is 62.2 Å². The second-order valence-electron chi connectivity index (χ2n) is 4.43. The van der Waals surface area contributed by atoms with Crippen molar-refractivity contribution in [2.45, 2.75) is 44.6 Å². The first-order valence-electron chi connectivity index (χ1n) is 5.52. The van der Waals surface area contributed by atoms with Gasteiger partial charge in [-0.3, -0.25) is 4.79 Å². The predicted molar refractivity (Wildman–Crippen MR) is 63.5 cm³/mol. The molecule has 2 rings (SSSR count). The Morgan fingerprint density at radius 2 is 2.31 bits per heavy atom. The molecule has 0 unspecified atom stereocenters. The van der Waals surface area contributed by atoms with Crippen molar-refractivity contribution in [3.63, 3.8) is 0 Å². The summed E-state index contributed by atoms with van der Waals surface area (Å²) in [6, 6.07) is 0. The maximum Gasteiger partial charge on any atom is 0.229 e. The molecule has 1 aliphatic carbocycles. The number of aryl methyl sites for hydroxylation is 1. The van der Waals surface area contributed by atoms with Gasteiger partial charge in [-0.1, -0.05) is 12.8 Å². The highest BCUT2D eigenvalue weighted by atomic mass is 32.1. The summed E-state index contributed by atoms with van der Waals surface area (Å²) in [6.07, 6.45) is 5.41. The third kappa shape index (κ3) is 2.80. The lowest BCUT2D eigenvalue weighted by Crippen LogP contribution is -2.30. The summed E-state index contributed by atoms with van der Waals surface area (Å²) in [5, 5.41) is 13.4. The van der Waals surface area contributed by atoms with E-state index in [1.807, 2.05) is 6.92 Å². The summed E-state index contributed by atoms with van der Waals surface area (Å²) in [5.74, 6) is -0.140. The minimum Gasteiger partial charge on any atom is -0.389 e. The minimum absolute atomic E-state index is 0.140. The summed E-state index contributed by atoms with van der Waals surface area (Å²) in [4.78, 5) is 16.8. The highest BCUT2D eigenvalue weighted by molar-refractivity contribution is 7.15. The average Bonchev–Trinajstić information content (AvgIpc) is 2.75. The van der Waals surface area contributed by atoms with E-state index in [4.69, 9.17) is 0 Å². The summed E-state index contributed by atoms with van der Waals surface area (Å²) in [7, 11) is 0. The zero-order chi connectivity index (χ0) is 11.6. The number of aliphatic hydroxyl groups is 1. The van der Waals surface area contributed by atoms with Gasteiger partial charge in [-0.2, -0.15) is 0 Å². The summed E-state index contributed by atoms with van der Waals surface area (Å²) in [6.45, 7) is 1.94. The van der Waals surface area contributed by atoms with Gasteiger partial charge in [-0.05, 0) is 19.8 Å². The van der Waals surface area contributed by atoms with Crippen LogP contribution in [0.25, 0.3) is 0 Å². The number of carbonyl (C=O) groups is 1. The molecule has 0 bridgehead atoms. The fourth-order valence-electron chi connectivity index (χ4n) is 2.08. The smallest absolute Gasteiger partial charge is 0.229 e. The summed E-state index contributed by atoms with van der Waals surface area (Å²) < 4.78 is 0. The van der Waals surface area contributed by atoms with Crippen LogP contribution in [0.5, 0.6) is 0 Å². The molecule has 0 radical (unpaired) electrons. The molecule has 0 aliphatic heterocycles. The number of nitrogens with one attached hydrogen (secondary N) is 1. The minimum atomic E-state index is -0.781. The maximum absolute atomic E-state index is 11.7. The number of rotatable bonds is 3. The molecule has 0 atom stereocenters. The molecule has 1 aliphatic rings. The monoisotopic (exact) mass is 240 g/mol. The van der Waals surface area contributed by atoms with E-state index in [9.17, 15) is 9.90 Å².